The van der Waals surface area contributed by atoms with E-state index in [1.165, 1.54) is 20.5 Å². The topological polar surface area (TPSA) is 36.9 Å². The Hall–Kier alpha value is -0.740. The Morgan fingerprint density at radius 3 is 2.20 bits per heavy atom. The molecule has 0 aromatic rings. The van der Waals surface area contributed by atoms with Gasteiger partial charge in [0.15, 0.2) is 0 Å². The molecule has 0 aromatic heterocycles. The predicted octanol–water partition coefficient (Wildman–Crippen LogP) is 0.799. The fourth-order valence-electron chi connectivity index (χ4n) is 0.663. The Balaban J connectivity index is 2.57. The van der Waals surface area contributed by atoms with Crippen LogP contribution in [-0.4, -0.2) is 20.4 Å². The van der Waals surface area contributed by atoms with Crippen LogP contribution in [0.2, 0.25) is 0 Å². The minimum Gasteiger partial charge on any atom is -0.411 e. The summed E-state index contributed by atoms with van der Waals surface area (Å²) in [6.45, 7) is 1.75. The molecule has 0 saturated carbocycles. The van der Waals surface area contributed by atoms with Gasteiger partial charge in [-0.15, -0.1) is 0 Å². The molecule has 0 aromatic carbocycles. The van der Waals surface area contributed by atoms with E-state index in [4.69, 9.17) is 18.9 Å². The Bertz CT molecular complexity index is 148. The second kappa shape index (κ2) is 2.48. The van der Waals surface area contributed by atoms with Crippen molar-refractivity contribution < 1.29 is 18.9 Å². The molecule has 1 aliphatic rings. The van der Waals surface area contributed by atoms with Gasteiger partial charge in [0.2, 0.25) is 0 Å². The van der Waals surface area contributed by atoms with Gasteiger partial charge in [0, 0.05) is 14.2 Å². The van der Waals surface area contributed by atoms with Crippen LogP contribution in [0.5, 0.6) is 0 Å². The first-order chi connectivity index (χ1) is 4.72. The van der Waals surface area contributed by atoms with E-state index in [-0.39, 0.29) is 0 Å². The normalized spacial score (nSPS) is 21.3. The molecule has 0 saturated heterocycles. The van der Waals surface area contributed by atoms with Crippen molar-refractivity contribution in [3.63, 3.8) is 0 Å². The molecule has 0 aliphatic carbocycles. The highest BCUT2D eigenvalue weighted by molar-refractivity contribution is 4.87. The van der Waals surface area contributed by atoms with Gasteiger partial charge in [0.25, 0.3) is 0 Å². The summed E-state index contributed by atoms with van der Waals surface area (Å²) in [5.74, 6) is 0.628. The number of allylic oxidation sites excluding steroid dienone is 1. The van der Waals surface area contributed by atoms with Gasteiger partial charge in [-0.1, -0.05) is 0 Å². The summed E-state index contributed by atoms with van der Waals surface area (Å²) in [5.41, 5.74) is 0. The molecule has 4 nitrogen and oxygen atoms in total. The van der Waals surface area contributed by atoms with Gasteiger partial charge in [-0.3, -0.25) is 9.47 Å². The van der Waals surface area contributed by atoms with Crippen LogP contribution in [0.25, 0.3) is 0 Å². The summed E-state index contributed by atoms with van der Waals surface area (Å²) in [5, 5.41) is 0. The summed E-state index contributed by atoms with van der Waals surface area (Å²) >= 11 is 0. The summed E-state index contributed by atoms with van der Waals surface area (Å²) in [7, 11) is 2.88. The number of hydrogen-bond donors (Lipinski definition) is 0. The molecule has 1 rings (SSSR count). The first kappa shape index (κ1) is 7.37. The fourth-order valence-corrected chi connectivity index (χ4v) is 0.663. The van der Waals surface area contributed by atoms with E-state index in [9.17, 15) is 0 Å². The summed E-state index contributed by atoms with van der Waals surface area (Å²) < 4.78 is 19.6. The SMILES string of the molecule is COC1(OC)OC=C(C)O1. The summed E-state index contributed by atoms with van der Waals surface area (Å²) in [4.78, 5) is 0. The van der Waals surface area contributed by atoms with E-state index >= 15 is 0 Å². The molecular formula is C6H10O4. The first-order valence-corrected chi connectivity index (χ1v) is 2.86. The van der Waals surface area contributed by atoms with Crippen LogP contribution in [0.3, 0.4) is 0 Å². The lowest BCUT2D eigenvalue weighted by Gasteiger charge is -2.22. The maximum Gasteiger partial charge on any atom is 0.508 e. The van der Waals surface area contributed by atoms with Gasteiger partial charge in [-0.25, -0.2) is 0 Å². The van der Waals surface area contributed by atoms with Crippen LogP contribution in [0, 0.1) is 0 Å². The molecule has 58 valence electrons. The van der Waals surface area contributed by atoms with Crippen molar-refractivity contribution in [2.75, 3.05) is 14.2 Å². The minimum absolute atomic E-state index is 0.628. The Kier molecular flexibility index (Phi) is 1.82. The minimum atomic E-state index is -1.34. The van der Waals surface area contributed by atoms with Crippen LogP contribution in [0.4, 0.5) is 0 Å². The second-order valence-corrected chi connectivity index (χ2v) is 1.86. The second-order valence-electron chi connectivity index (χ2n) is 1.86. The van der Waals surface area contributed by atoms with Crippen molar-refractivity contribution in [3.8, 4) is 0 Å². The van der Waals surface area contributed by atoms with E-state index < -0.39 is 6.16 Å². The molecule has 0 atom stereocenters. The van der Waals surface area contributed by atoms with Crippen molar-refractivity contribution in [2.24, 2.45) is 0 Å². The quantitative estimate of drug-likeness (QED) is 0.540. The van der Waals surface area contributed by atoms with E-state index in [1.54, 1.807) is 6.92 Å². The maximum atomic E-state index is 5.04. The third-order valence-electron chi connectivity index (χ3n) is 1.16. The zero-order chi connectivity index (χ0) is 7.61. The van der Waals surface area contributed by atoms with Crippen molar-refractivity contribution in [3.05, 3.63) is 12.0 Å². The lowest BCUT2D eigenvalue weighted by atomic mass is 10.7. The van der Waals surface area contributed by atoms with E-state index in [2.05, 4.69) is 0 Å². The molecule has 10 heavy (non-hydrogen) atoms. The van der Waals surface area contributed by atoms with E-state index in [1.807, 2.05) is 0 Å². The molecule has 0 amide bonds. The van der Waals surface area contributed by atoms with Gasteiger partial charge in [0.1, 0.15) is 12.0 Å². The van der Waals surface area contributed by atoms with Crippen molar-refractivity contribution in [1.29, 1.82) is 0 Å². The molecule has 1 heterocycles. The molecular weight excluding hydrogens is 136 g/mol. The highest BCUT2D eigenvalue weighted by Crippen LogP contribution is 2.25. The van der Waals surface area contributed by atoms with Crippen LogP contribution in [0.1, 0.15) is 6.92 Å². The standard InChI is InChI=1S/C6H10O4/c1-5-4-9-6(7-2,8-3)10-5/h4H,1-3H3. The average Bonchev–Trinajstić information content (AvgIpc) is 2.33. The highest BCUT2D eigenvalue weighted by atomic mass is 17.0. The van der Waals surface area contributed by atoms with Crippen LogP contribution < -0.4 is 0 Å². The van der Waals surface area contributed by atoms with Crippen LogP contribution in [0.15, 0.2) is 12.0 Å². The molecule has 0 fully saturated rings. The number of rotatable bonds is 2. The lowest BCUT2D eigenvalue weighted by molar-refractivity contribution is -0.443. The molecule has 4 heteroatoms. The monoisotopic (exact) mass is 146 g/mol. The van der Waals surface area contributed by atoms with Gasteiger partial charge in [-0.2, -0.15) is 0 Å². The Morgan fingerprint density at radius 2 is 2.00 bits per heavy atom. The number of hydrogen-bond acceptors (Lipinski definition) is 4. The smallest absolute Gasteiger partial charge is 0.411 e. The fraction of sp³-hybridized carbons (Fsp3) is 0.667. The highest BCUT2D eigenvalue weighted by Gasteiger charge is 2.39. The maximum absolute atomic E-state index is 5.04. The lowest BCUT2D eigenvalue weighted by Crippen LogP contribution is -2.34. The summed E-state index contributed by atoms with van der Waals surface area (Å²) in [6.07, 6.45) is 0.0943. The molecule has 0 unspecified atom stereocenters. The number of ether oxygens (including phenoxy) is 4. The molecule has 0 radical (unpaired) electrons. The molecule has 1 aliphatic heterocycles. The third kappa shape index (κ3) is 1.08. The number of methoxy groups -OCH3 is 2. The van der Waals surface area contributed by atoms with Crippen molar-refractivity contribution in [1.82, 2.24) is 0 Å². The van der Waals surface area contributed by atoms with Crippen LogP contribution in [-0.2, 0) is 18.9 Å². The Morgan fingerprint density at radius 1 is 1.40 bits per heavy atom. The van der Waals surface area contributed by atoms with Crippen molar-refractivity contribution in [2.45, 2.75) is 13.1 Å². The zero-order valence-electron chi connectivity index (χ0n) is 6.21. The molecule has 0 N–H and O–H groups in total. The summed E-state index contributed by atoms with van der Waals surface area (Å²) in [6, 6.07) is 0. The van der Waals surface area contributed by atoms with E-state index in [0.717, 1.165) is 0 Å². The van der Waals surface area contributed by atoms with Gasteiger partial charge < -0.3 is 9.47 Å². The first-order valence-electron chi connectivity index (χ1n) is 2.86. The van der Waals surface area contributed by atoms with Crippen molar-refractivity contribution >= 4 is 0 Å². The van der Waals surface area contributed by atoms with Crippen LogP contribution >= 0.6 is 0 Å². The molecule has 0 spiro atoms. The van der Waals surface area contributed by atoms with E-state index in [0.29, 0.717) is 5.76 Å². The van der Waals surface area contributed by atoms with Gasteiger partial charge in [0.05, 0.1) is 0 Å². The van der Waals surface area contributed by atoms with Gasteiger partial charge in [-0.05, 0) is 6.92 Å². The third-order valence-corrected chi connectivity index (χ3v) is 1.16. The zero-order valence-corrected chi connectivity index (χ0v) is 6.21. The average molecular weight is 146 g/mol. The predicted molar refractivity (Wildman–Crippen MR) is 32.7 cm³/mol. The Labute approximate surface area is 59.3 Å². The van der Waals surface area contributed by atoms with Gasteiger partial charge >= 0.3 is 6.16 Å². The largest absolute Gasteiger partial charge is 0.508 e. The molecule has 0 bridgehead atoms.